The molecular formula is C18H21N7. The molecule has 4 rings (SSSR count). The second-order valence-corrected chi connectivity index (χ2v) is 6.26. The van der Waals surface area contributed by atoms with E-state index in [1.165, 1.54) is 0 Å². The summed E-state index contributed by atoms with van der Waals surface area (Å²) in [6.07, 6.45) is 0. The summed E-state index contributed by atoms with van der Waals surface area (Å²) in [6.45, 7) is 8.77. The molecule has 0 radical (unpaired) electrons. The van der Waals surface area contributed by atoms with Gasteiger partial charge in [0.15, 0.2) is 5.65 Å². The van der Waals surface area contributed by atoms with Crippen molar-refractivity contribution >= 4 is 22.5 Å². The second kappa shape index (κ2) is 5.54. The molecule has 0 aliphatic rings. The van der Waals surface area contributed by atoms with E-state index in [1.54, 1.807) is 4.52 Å². The van der Waals surface area contributed by atoms with Gasteiger partial charge in [-0.3, -0.25) is 4.68 Å². The van der Waals surface area contributed by atoms with E-state index in [-0.39, 0.29) is 0 Å². The van der Waals surface area contributed by atoms with Gasteiger partial charge in [-0.1, -0.05) is 6.07 Å². The van der Waals surface area contributed by atoms with Gasteiger partial charge in [0.1, 0.15) is 5.82 Å². The molecule has 0 bridgehead atoms. The van der Waals surface area contributed by atoms with Crippen molar-refractivity contribution in [2.24, 2.45) is 7.05 Å². The molecule has 25 heavy (non-hydrogen) atoms. The molecule has 0 aliphatic heterocycles. The molecule has 7 heteroatoms. The van der Waals surface area contributed by atoms with E-state index in [1.807, 2.05) is 39.4 Å². The van der Waals surface area contributed by atoms with Crippen molar-refractivity contribution in [2.45, 2.75) is 27.7 Å². The van der Waals surface area contributed by atoms with Gasteiger partial charge in [-0.15, -0.1) is 0 Å². The van der Waals surface area contributed by atoms with Gasteiger partial charge in [0.25, 0.3) is 0 Å². The zero-order valence-electron chi connectivity index (χ0n) is 15.1. The predicted molar refractivity (Wildman–Crippen MR) is 98.9 cm³/mol. The molecular weight excluding hydrogens is 314 g/mol. The van der Waals surface area contributed by atoms with E-state index in [9.17, 15) is 0 Å². The largest absolute Gasteiger partial charge is 0.354 e. The normalized spacial score (nSPS) is 11.6. The average molecular weight is 335 g/mol. The van der Waals surface area contributed by atoms with Crippen molar-refractivity contribution in [1.82, 2.24) is 29.4 Å². The molecule has 0 amide bonds. The van der Waals surface area contributed by atoms with Crippen LogP contribution in [-0.4, -0.2) is 35.9 Å². The number of hydrogen-bond donors (Lipinski definition) is 1. The van der Waals surface area contributed by atoms with E-state index in [0.717, 1.165) is 57.4 Å². The number of aryl methyl sites for hydroxylation is 4. The topological polar surface area (TPSA) is 72.9 Å². The van der Waals surface area contributed by atoms with E-state index in [2.05, 4.69) is 43.7 Å². The number of fused-ring (bicyclic) bond motifs is 2. The maximum atomic E-state index is 4.67. The minimum atomic E-state index is 0.720. The molecule has 1 N–H and O–H groups in total. The molecule has 0 saturated heterocycles. The maximum Gasteiger partial charge on any atom is 0.227 e. The number of nitrogens with one attached hydrogen (secondary N) is 1. The Balaban J connectivity index is 2.00. The summed E-state index contributed by atoms with van der Waals surface area (Å²) in [5, 5.41) is 13.6. The summed E-state index contributed by atoms with van der Waals surface area (Å²) < 4.78 is 3.70. The van der Waals surface area contributed by atoms with Gasteiger partial charge in [0, 0.05) is 24.5 Å². The van der Waals surface area contributed by atoms with Crippen LogP contribution in [0.2, 0.25) is 0 Å². The molecule has 7 nitrogen and oxygen atoms in total. The average Bonchev–Trinajstić information content (AvgIpc) is 3.04. The molecule has 1 aromatic carbocycles. The van der Waals surface area contributed by atoms with E-state index < -0.39 is 0 Å². The molecule has 0 unspecified atom stereocenters. The molecule has 3 heterocycles. The summed E-state index contributed by atoms with van der Waals surface area (Å²) in [4.78, 5) is 9.12. The summed E-state index contributed by atoms with van der Waals surface area (Å²) in [6, 6.07) is 6.39. The number of anilines is 1. The van der Waals surface area contributed by atoms with Crippen LogP contribution in [0.3, 0.4) is 0 Å². The van der Waals surface area contributed by atoms with Crippen molar-refractivity contribution in [2.75, 3.05) is 11.9 Å². The van der Waals surface area contributed by atoms with E-state index in [0.29, 0.717) is 0 Å². The molecule has 0 saturated carbocycles. The third kappa shape index (κ3) is 2.34. The van der Waals surface area contributed by atoms with Crippen LogP contribution in [0.15, 0.2) is 18.2 Å². The molecule has 0 spiro atoms. The first kappa shape index (κ1) is 15.6. The third-order valence-electron chi connectivity index (χ3n) is 4.43. The van der Waals surface area contributed by atoms with Crippen LogP contribution in [0.1, 0.15) is 24.1 Å². The zero-order valence-corrected chi connectivity index (χ0v) is 15.1. The maximum absolute atomic E-state index is 4.67. The Labute approximate surface area is 145 Å². The molecule has 3 aromatic heterocycles. The summed E-state index contributed by atoms with van der Waals surface area (Å²) in [7, 11) is 1.97. The van der Waals surface area contributed by atoms with Crippen LogP contribution in [0.4, 0.5) is 5.95 Å². The standard InChI is InChI=1S/C18H21N7/c1-6-19-18-21-12(4)20-17-16(11(3)23-25(17)18)13-7-8-15-14(9-13)10(2)22-24(15)5/h7-9H,6H2,1-5H3,(H,19,20,21). The highest BCUT2D eigenvalue weighted by atomic mass is 15.4. The fourth-order valence-corrected chi connectivity index (χ4v) is 3.35. The molecule has 0 fully saturated rings. The van der Waals surface area contributed by atoms with Crippen molar-refractivity contribution < 1.29 is 0 Å². The monoisotopic (exact) mass is 335 g/mol. The van der Waals surface area contributed by atoms with Crippen LogP contribution < -0.4 is 5.32 Å². The lowest BCUT2D eigenvalue weighted by Crippen LogP contribution is -2.09. The highest BCUT2D eigenvalue weighted by Gasteiger charge is 2.18. The van der Waals surface area contributed by atoms with Gasteiger partial charge in [-0.25, -0.2) is 4.98 Å². The second-order valence-electron chi connectivity index (χ2n) is 6.26. The first-order valence-electron chi connectivity index (χ1n) is 8.41. The van der Waals surface area contributed by atoms with Crippen LogP contribution in [0.5, 0.6) is 0 Å². The van der Waals surface area contributed by atoms with Crippen molar-refractivity contribution in [3.63, 3.8) is 0 Å². The fourth-order valence-electron chi connectivity index (χ4n) is 3.35. The summed E-state index contributed by atoms with van der Waals surface area (Å²) >= 11 is 0. The van der Waals surface area contributed by atoms with Crippen LogP contribution in [0, 0.1) is 20.8 Å². The smallest absolute Gasteiger partial charge is 0.227 e. The number of hydrogen-bond acceptors (Lipinski definition) is 5. The predicted octanol–water partition coefficient (Wildman–Crippen LogP) is 3.04. The Morgan fingerprint density at radius 1 is 1.04 bits per heavy atom. The lowest BCUT2D eigenvalue weighted by Gasteiger charge is -2.06. The SMILES string of the molecule is CCNc1nc(C)nc2c(-c3ccc4c(c3)c(C)nn4C)c(C)nn12. The first-order chi connectivity index (χ1) is 12.0. The van der Waals surface area contributed by atoms with Gasteiger partial charge in [0.05, 0.1) is 16.9 Å². The van der Waals surface area contributed by atoms with Gasteiger partial charge >= 0.3 is 0 Å². The highest BCUT2D eigenvalue weighted by Crippen LogP contribution is 2.31. The Kier molecular flexibility index (Phi) is 3.45. The minimum Gasteiger partial charge on any atom is -0.354 e. The van der Waals surface area contributed by atoms with E-state index in [4.69, 9.17) is 0 Å². The highest BCUT2D eigenvalue weighted by molar-refractivity contribution is 5.90. The Hall–Kier alpha value is -2.96. The van der Waals surface area contributed by atoms with E-state index >= 15 is 0 Å². The third-order valence-corrected chi connectivity index (χ3v) is 4.43. The van der Waals surface area contributed by atoms with Crippen LogP contribution in [-0.2, 0) is 7.05 Å². The number of benzene rings is 1. The molecule has 128 valence electrons. The molecule has 0 atom stereocenters. The summed E-state index contributed by atoms with van der Waals surface area (Å²) in [5.74, 6) is 1.45. The van der Waals surface area contributed by atoms with Gasteiger partial charge in [-0.2, -0.15) is 19.7 Å². The fraction of sp³-hybridized carbons (Fsp3) is 0.333. The van der Waals surface area contributed by atoms with Gasteiger partial charge < -0.3 is 5.32 Å². The lowest BCUT2D eigenvalue weighted by molar-refractivity contribution is 0.783. The zero-order chi connectivity index (χ0) is 17.7. The van der Waals surface area contributed by atoms with Crippen molar-refractivity contribution in [3.8, 4) is 11.1 Å². The first-order valence-corrected chi connectivity index (χ1v) is 8.41. The van der Waals surface area contributed by atoms with Crippen molar-refractivity contribution in [1.29, 1.82) is 0 Å². The number of rotatable bonds is 3. The van der Waals surface area contributed by atoms with Crippen molar-refractivity contribution in [3.05, 3.63) is 35.4 Å². The summed E-state index contributed by atoms with van der Waals surface area (Å²) in [5.41, 5.74) is 6.02. The quantitative estimate of drug-likeness (QED) is 0.623. The van der Waals surface area contributed by atoms with Gasteiger partial charge in [0.2, 0.25) is 5.95 Å². The molecule has 4 aromatic rings. The Morgan fingerprint density at radius 2 is 1.84 bits per heavy atom. The Bertz CT molecular complexity index is 1100. The van der Waals surface area contributed by atoms with Gasteiger partial charge in [-0.05, 0) is 45.4 Å². The van der Waals surface area contributed by atoms with Crippen LogP contribution in [0.25, 0.3) is 27.7 Å². The Morgan fingerprint density at radius 3 is 2.60 bits per heavy atom. The lowest BCUT2D eigenvalue weighted by atomic mass is 10.0. The number of aromatic nitrogens is 6. The minimum absolute atomic E-state index is 0.720. The number of nitrogens with zero attached hydrogens (tertiary/aromatic N) is 6. The molecule has 0 aliphatic carbocycles. The van der Waals surface area contributed by atoms with Crippen LogP contribution >= 0.6 is 0 Å².